The van der Waals surface area contributed by atoms with Crippen molar-refractivity contribution < 1.29 is 18.0 Å². The van der Waals surface area contributed by atoms with Crippen LogP contribution in [0.5, 0.6) is 0 Å². The van der Waals surface area contributed by atoms with E-state index in [0.29, 0.717) is 11.5 Å². The van der Waals surface area contributed by atoms with Gasteiger partial charge in [-0.25, -0.2) is 0 Å². The van der Waals surface area contributed by atoms with Crippen LogP contribution in [-0.4, -0.2) is 0 Å². The Kier molecular flexibility index (Phi) is 3.50. The van der Waals surface area contributed by atoms with E-state index in [-0.39, 0.29) is 6.10 Å². The molecule has 0 saturated heterocycles. The highest BCUT2D eigenvalue weighted by atomic mass is 16.5. The van der Waals surface area contributed by atoms with Gasteiger partial charge in [0.05, 0.1) is 18.1 Å². The monoisotopic (exact) mass is 380 g/mol. The second-order valence-electron chi connectivity index (χ2n) is 6.92. The van der Waals surface area contributed by atoms with E-state index in [4.69, 9.17) is 18.0 Å². The number of allylic oxidation sites excluding steroid dienone is 2. The predicted octanol–water partition coefficient (Wildman–Crippen LogP) is 7.20. The highest BCUT2D eigenvalue weighted by Gasteiger charge is 2.28. The molecule has 0 spiro atoms. The van der Waals surface area contributed by atoms with Crippen molar-refractivity contribution in [3.05, 3.63) is 97.0 Å². The fourth-order valence-electron chi connectivity index (χ4n) is 3.90. The molecule has 0 radical (unpaired) electrons. The second kappa shape index (κ2) is 6.31. The lowest BCUT2D eigenvalue weighted by Gasteiger charge is -2.16. The van der Waals surface area contributed by atoms with Gasteiger partial charge in [0.1, 0.15) is 23.2 Å². The lowest BCUT2D eigenvalue weighted by Crippen LogP contribution is -2.01. The number of benzene rings is 1. The summed E-state index contributed by atoms with van der Waals surface area (Å²) >= 11 is 0. The Morgan fingerprint density at radius 1 is 0.724 bits per heavy atom. The molecule has 0 bridgehead atoms. The minimum absolute atomic E-state index is 0.294. The molecule has 6 rings (SSSR count). The average Bonchev–Trinajstić information content (AvgIpc) is 3.52. The van der Waals surface area contributed by atoms with E-state index in [0.717, 1.165) is 39.2 Å². The van der Waals surface area contributed by atoms with Gasteiger partial charge in [0.25, 0.3) is 0 Å². The zero-order valence-corrected chi connectivity index (χ0v) is 15.4. The van der Waals surface area contributed by atoms with E-state index in [1.165, 1.54) is 0 Å². The number of hydrogen-bond acceptors (Lipinski definition) is 4. The maximum atomic E-state index is 6.33. The van der Waals surface area contributed by atoms with Crippen molar-refractivity contribution in [2.45, 2.75) is 6.10 Å². The van der Waals surface area contributed by atoms with Crippen LogP contribution in [0.3, 0.4) is 0 Å². The molecule has 3 aromatic rings. The third-order valence-electron chi connectivity index (χ3n) is 5.19. The largest absolute Gasteiger partial charge is 0.489 e. The Balaban J connectivity index is 1.66. The maximum absolute atomic E-state index is 6.33. The van der Waals surface area contributed by atoms with Crippen LogP contribution >= 0.6 is 0 Å². The average molecular weight is 380 g/mol. The molecule has 4 heterocycles. The highest BCUT2D eigenvalue weighted by Crippen LogP contribution is 2.45. The summed E-state index contributed by atoms with van der Waals surface area (Å²) in [6.45, 7) is 0. The fraction of sp³-hybridized carbons (Fsp3) is 0.0400. The number of fused-ring (bicyclic) bond motifs is 2. The van der Waals surface area contributed by atoms with Gasteiger partial charge in [-0.2, -0.15) is 0 Å². The first-order valence-electron chi connectivity index (χ1n) is 9.45. The summed E-state index contributed by atoms with van der Waals surface area (Å²) in [5.74, 6) is 2.92. The van der Waals surface area contributed by atoms with Crippen LogP contribution in [0.2, 0.25) is 0 Å². The van der Waals surface area contributed by atoms with Crippen molar-refractivity contribution in [1.29, 1.82) is 0 Å². The van der Waals surface area contributed by atoms with E-state index in [1.54, 1.807) is 12.5 Å². The minimum Gasteiger partial charge on any atom is -0.489 e. The summed E-state index contributed by atoms with van der Waals surface area (Å²) in [7, 11) is 0. The molecule has 2 aliphatic heterocycles. The molecule has 4 heteroatoms. The zero-order valence-electron chi connectivity index (χ0n) is 15.4. The summed E-state index contributed by atoms with van der Waals surface area (Å²) in [5.41, 5.74) is 3.69. The maximum Gasteiger partial charge on any atom is 0.177 e. The van der Waals surface area contributed by atoms with Gasteiger partial charge in [-0.1, -0.05) is 30.3 Å². The summed E-state index contributed by atoms with van der Waals surface area (Å²) in [4.78, 5) is 0. The van der Waals surface area contributed by atoms with Crippen molar-refractivity contribution in [2.24, 2.45) is 0 Å². The van der Waals surface area contributed by atoms with Gasteiger partial charge < -0.3 is 18.0 Å². The van der Waals surface area contributed by atoms with Gasteiger partial charge >= 0.3 is 0 Å². The van der Waals surface area contributed by atoms with Crippen LogP contribution in [0.25, 0.3) is 45.1 Å². The fourth-order valence-corrected chi connectivity index (χ4v) is 3.90. The summed E-state index contributed by atoms with van der Waals surface area (Å²) in [6, 6.07) is 19.7. The topological polar surface area (TPSA) is 48.7 Å². The number of rotatable bonds is 3. The summed E-state index contributed by atoms with van der Waals surface area (Å²) in [6.07, 6.45) is 8.93. The number of furan rings is 2. The molecule has 140 valence electrons. The molecule has 1 atom stereocenters. The summed E-state index contributed by atoms with van der Waals surface area (Å²) < 4.78 is 24.1. The lowest BCUT2D eigenvalue weighted by molar-refractivity contribution is 0.187. The quantitative estimate of drug-likeness (QED) is 0.332. The zero-order chi connectivity index (χ0) is 19.2. The molecule has 1 aliphatic carbocycles. The van der Waals surface area contributed by atoms with E-state index >= 15 is 0 Å². The predicted molar refractivity (Wildman–Crippen MR) is 110 cm³/mol. The molecule has 29 heavy (non-hydrogen) atoms. The molecule has 0 fully saturated rings. The van der Waals surface area contributed by atoms with Crippen LogP contribution in [0, 0.1) is 0 Å². The van der Waals surface area contributed by atoms with Crippen molar-refractivity contribution in [3.8, 4) is 34.2 Å². The van der Waals surface area contributed by atoms with Crippen LogP contribution < -0.4 is 0 Å². The van der Waals surface area contributed by atoms with Crippen LogP contribution in [-0.2, 0) is 4.74 Å². The molecule has 2 aromatic heterocycles. The number of hydrogen-bond donors (Lipinski definition) is 0. The highest BCUT2D eigenvalue weighted by molar-refractivity contribution is 5.99. The van der Waals surface area contributed by atoms with Gasteiger partial charge in [-0.15, -0.1) is 0 Å². The Morgan fingerprint density at radius 3 is 2.52 bits per heavy atom. The SMILES string of the molecule is C1=COC(c2c(-c3ccc4cccc-4o3)oc3cccc(-c4ccco4)c23)C=C1. The van der Waals surface area contributed by atoms with Gasteiger partial charge in [0.15, 0.2) is 11.5 Å². The molecular formula is C25H16O4. The first kappa shape index (κ1) is 16.1. The molecular weight excluding hydrogens is 364 g/mol. The Labute approximate surface area is 166 Å². The van der Waals surface area contributed by atoms with Crippen LogP contribution in [0.1, 0.15) is 11.7 Å². The van der Waals surface area contributed by atoms with Crippen molar-refractivity contribution in [3.63, 3.8) is 0 Å². The molecule has 4 nitrogen and oxygen atoms in total. The van der Waals surface area contributed by atoms with E-state index in [9.17, 15) is 0 Å². The smallest absolute Gasteiger partial charge is 0.177 e. The van der Waals surface area contributed by atoms with Crippen molar-refractivity contribution in [2.75, 3.05) is 0 Å². The Morgan fingerprint density at radius 2 is 1.66 bits per heavy atom. The van der Waals surface area contributed by atoms with Crippen LogP contribution in [0.15, 0.2) is 105 Å². The van der Waals surface area contributed by atoms with Gasteiger partial charge in [-0.05, 0) is 48.6 Å². The van der Waals surface area contributed by atoms with E-state index in [1.807, 2.05) is 78.9 Å². The van der Waals surface area contributed by atoms with Gasteiger partial charge in [0.2, 0.25) is 0 Å². The molecule has 3 aliphatic rings. The minimum atomic E-state index is -0.294. The van der Waals surface area contributed by atoms with Crippen molar-refractivity contribution in [1.82, 2.24) is 0 Å². The molecule has 1 unspecified atom stereocenters. The first-order chi connectivity index (χ1) is 14.4. The van der Waals surface area contributed by atoms with E-state index < -0.39 is 0 Å². The third kappa shape index (κ3) is 2.53. The Hall–Kier alpha value is -3.92. The normalized spacial score (nSPS) is 15.9. The molecule has 0 N–H and O–H groups in total. The Bertz CT molecular complexity index is 1330. The van der Waals surface area contributed by atoms with Crippen LogP contribution in [0.4, 0.5) is 0 Å². The summed E-state index contributed by atoms with van der Waals surface area (Å²) in [5, 5.41) is 0.959. The standard InChI is InChI=1S/C25H16O4/c1-2-14-27-20(8-1)24-23-17(19-11-5-15-26-19)7-4-10-21(23)29-25(24)22-13-12-16-6-3-9-18(16)28-22/h1-15,20H. The van der Waals surface area contributed by atoms with Gasteiger partial charge in [0, 0.05) is 16.5 Å². The molecule has 0 amide bonds. The first-order valence-corrected chi connectivity index (χ1v) is 9.45. The van der Waals surface area contributed by atoms with Gasteiger partial charge in [-0.3, -0.25) is 0 Å². The second-order valence-corrected chi connectivity index (χ2v) is 6.92. The molecule has 1 aromatic carbocycles. The number of ether oxygens (including phenoxy) is 1. The van der Waals surface area contributed by atoms with E-state index in [2.05, 4.69) is 0 Å². The van der Waals surface area contributed by atoms with Crippen molar-refractivity contribution >= 4 is 11.0 Å². The lowest BCUT2D eigenvalue weighted by atomic mass is 9.97. The third-order valence-corrected chi connectivity index (χ3v) is 5.19. The molecule has 0 saturated carbocycles.